The summed E-state index contributed by atoms with van der Waals surface area (Å²) in [5.41, 5.74) is 0.659. The molecule has 0 bridgehead atoms. The van der Waals surface area contributed by atoms with E-state index in [4.69, 9.17) is 0 Å². The number of hydrogen-bond donors (Lipinski definition) is 0. The number of carbonyl (C=O) groups is 1. The van der Waals surface area contributed by atoms with Crippen LogP contribution < -0.4 is 0 Å². The van der Waals surface area contributed by atoms with Crippen LogP contribution in [0.1, 0.15) is 59.3 Å². The molecule has 0 rings (SSSR count). The molecule has 0 heterocycles. The summed E-state index contributed by atoms with van der Waals surface area (Å²) < 4.78 is 0. The van der Waals surface area contributed by atoms with Crippen LogP contribution in [0.2, 0.25) is 0 Å². The van der Waals surface area contributed by atoms with Gasteiger partial charge in [-0.2, -0.15) is 0 Å². The second-order valence-electron chi connectivity index (χ2n) is 4.49. The molecule has 2 nitrogen and oxygen atoms in total. The Morgan fingerprint density at radius 1 is 1.00 bits per heavy atom. The third-order valence-electron chi connectivity index (χ3n) is 2.72. The van der Waals surface area contributed by atoms with Gasteiger partial charge in [-0.1, -0.05) is 46.1 Å². The van der Waals surface area contributed by atoms with Crippen molar-refractivity contribution in [1.82, 2.24) is 4.90 Å². The summed E-state index contributed by atoms with van der Waals surface area (Å²) >= 11 is 0. The Balaban J connectivity index is 3.99. The van der Waals surface area contributed by atoms with Crippen LogP contribution in [0.25, 0.3) is 0 Å². The minimum absolute atomic E-state index is 0.130. The SMILES string of the molecule is C=C(C)C(=O)N(CCCC)CCCCCC. The molecule has 0 N–H and O–H groups in total. The molecule has 0 unspecified atom stereocenters. The number of hydrogen-bond acceptors (Lipinski definition) is 1. The zero-order chi connectivity index (χ0) is 12.4. The maximum absolute atomic E-state index is 11.8. The quantitative estimate of drug-likeness (QED) is 0.432. The number of amides is 1. The molecule has 0 saturated carbocycles. The van der Waals surface area contributed by atoms with Gasteiger partial charge in [0.25, 0.3) is 0 Å². The topological polar surface area (TPSA) is 20.3 Å². The summed E-state index contributed by atoms with van der Waals surface area (Å²) in [6.07, 6.45) is 7.08. The lowest BCUT2D eigenvalue weighted by atomic mass is 10.2. The molecular formula is C14H27NO. The molecule has 1 amide bonds. The van der Waals surface area contributed by atoms with Crippen molar-refractivity contribution in [2.45, 2.75) is 59.3 Å². The lowest BCUT2D eigenvalue weighted by molar-refractivity contribution is -0.127. The van der Waals surface area contributed by atoms with Crippen molar-refractivity contribution < 1.29 is 4.79 Å². The molecule has 94 valence electrons. The molecule has 2 heteroatoms. The maximum Gasteiger partial charge on any atom is 0.248 e. The van der Waals surface area contributed by atoms with Gasteiger partial charge in [-0.05, 0) is 19.8 Å². The highest BCUT2D eigenvalue weighted by atomic mass is 16.2. The van der Waals surface area contributed by atoms with Crippen LogP contribution in [-0.2, 0) is 4.79 Å². The third kappa shape index (κ3) is 6.65. The Labute approximate surface area is 101 Å². The van der Waals surface area contributed by atoms with Crippen LogP contribution in [0.5, 0.6) is 0 Å². The first-order valence-electron chi connectivity index (χ1n) is 6.58. The van der Waals surface area contributed by atoms with E-state index in [1.165, 1.54) is 19.3 Å². The number of carbonyl (C=O) groups excluding carboxylic acids is 1. The van der Waals surface area contributed by atoms with E-state index in [1.807, 2.05) is 4.90 Å². The van der Waals surface area contributed by atoms with Crippen molar-refractivity contribution in [2.75, 3.05) is 13.1 Å². The van der Waals surface area contributed by atoms with Gasteiger partial charge in [-0.25, -0.2) is 0 Å². The molecule has 0 fully saturated rings. The summed E-state index contributed by atoms with van der Waals surface area (Å²) in [5.74, 6) is 0.130. The fourth-order valence-corrected chi connectivity index (χ4v) is 1.66. The van der Waals surface area contributed by atoms with E-state index in [9.17, 15) is 4.79 Å². The van der Waals surface area contributed by atoms with Gasteiger partial charge in [0, 0.05) is 18.7 Å². The highest BCUT2D eigenvalue weighted by Gasteiger charge is 2.12. The highest BCUT2D eigenvalue weighted by molar-refractivity contribution is 5.92. The van der Waals surface area contributed by atoms with Gasteiger partial charge < -0.3 is 4.90 Å². The largest absolute Gasteiger partial charge is 0.339 e. The van der Waals surface area contributed by atoms with Crippen LogP contribution in [0.15, 0.2) is 12.2 Å². The molecule has 0 radical (unpaired) electrons. The molecule has 16 heavy (non-hydrogen) atoms. The predicted molar refractivity (Wildman–Crippen MR) is 70.4 cm³/mol. The molecule has 0 aromatic rings. The van der Waals surface area contributed by atoms with E-state index < -0.39 is 0 Å². The van der Waals surface area contributed by atoms with Crippen molar-refractivity contribution in [2.24, 2.45) is 0 Å². The first kappa shape index (κ1) is 15.2. The van der Waals surface area contributed by atoms with Crippen LogP contribution in [-0.4, -0.2) is 23.9 Å². The molecule has 0 aromatic heterocycles. The Kier molecular flexibility index (Phi) is 8.97. The average molecular weight is 225 g/mol. The van der Waals surface area contributed by atoms with Crippen LogP contribution >= 0.6 is 0 Å². The molecule has 0 atom stereocenters. The van der Waals surface area contributed by atoms with Crippen LogP contribution in [0, 0.1) is 0 Å². The Bertz CT molecular complexity index is 211. The second-order valence-corrected chi connectivity index (χ2v) is 4.49. The van der Waals surface area contributed by atoms with E-state index >= 15 is 0 Å². The van der Waals surface area contributed by atoms with Crippen molar-refractivity contribution in [1.29, 1.82) is 0 Å². The number of unbranched alkanes of at least 4 members (excludes halogenated alkanes) is 4. The zero-order valence-corrected chi connectivity index (χ0v) is 11.2. The minimum Gasteiger partial charge on any atom is -0.339 e. The summed E-state index contributed by atoms with van der Waals surface area (Å²) in [6, 6.07) is 0. The third-order valence-corrected chi connectivity index (χ3v) is 2.72. The lowest BCUT2D eigenvalue weighted by Gasteiger charge is -2.22. The van der Waals surface area contributed by atoms with E-state index in [0.29, 0.717) is 5.57 Å². The zero-order valence-electron chi connectivity index (χ0n) is 11.2. The van der Waals surface area contributed by atoms with Gasteiger partial charge in [-0.15, -0.1) is 0 Å². The van der Waals surface area contributed by atoms with E-state index in [2.05, 4.69) is 20.4 Å². The molecule has 0 aliphatic heterocycles. The molecule has 0 aromatic carbocycles. The average Bonchev–Trinajstić information content (AvgIpc) is 2.27. The van der Waals surface area contributed by atoms with E-state index in [1.54, 1.807) is 6.92 Å². The fourth-order valence-electron chi connectivity index (χ4n) is 1.66. The highest BCUT2D eigenvalue weighted by Crippen LogP contribution is 2.06. The Morgan fingerprint density at radius 3 is 2.06 bits per heavy atom. The lowest BCUT2D eigenvalue weighted by Crippen LogP contribution is -2.33. The molecule has 0 saturated heterocycles. The first-order chi connectivity index (χ1) is 7.63. The Morgan fingerprint density at radius 2 is 1.56 bits per heavy atom. The van der Waals surface area contributed by atoms with Crippen LogP contribution in [0.3, 0.4) is 0 Å². The molecule has 0 aliphatic carbocycles. The monoisotopic (exact) mass is 225 g/mol. The van der Waals surface area contributed by atoms with Gasteiger partial charge in [0.2, 0.25) is 5.91 Å². The van der Waals surface area contributed by atoms with Gasteiger partial charge in [0.15, 0.2) is 0 Å². The summed E-state index contributed by atoms with van der Waals surface area (Å²) in [5, 5.41) is 0. The van der Waals surface area contributed by atoms with Crippen molar-refractivity contribution in [3.05, 3.63) is 12.2 Å². The number of rotatable bonds is 9. The summed E-state index contributed by atoms with van der Waals surface area (Å²) in [6.45, 7) is 11.7. The summed E-state index contributed by atoms with van der Waals surface area (Å²) in [4.78, 5) is 13.8. The van der Waals surface area contributed by atoms with Crippen molar-refractivity contribution in [3.63, 3.8) is 0 Å². The first-order valence-corrected chi connectivity index (χ1v) is 6.58. The standard InChI is InChI=1S/C14H27NO/c1-5-7-9-10-12-15(11-8-6-2)14(16)13(3)4/h3,5-12H2,1-2,4H3. The van der Waals surface area contributed by atoms with Gasteiger partial charge in [0.05, 0.1) is 0 Å². The summed E-state index contributed by atoms with van der Waals surface area (Å²) in [7, 11) is 0. The number of nitrogens with zero attached hydrogens (tertiary/aromatic N) is 1. The maximum atomic E-state index is 11.8. The van der Waals surface area contributed by atoms with Crippen molar-refractivity contribution in [3.8, 4) is 0 Å². The predicted octanol–water partition coefficient (Wildman–Crippen LogP) is 3.77. The van der Waals surface area contributed by atoms with Gasteiger partial charge in [0.1, 0.15) is 0 Å². The second kappa shape index (κ2) is 9.44. The van der Waals surface area contributed by atoms with E-state index in [0.717, 1.165) is 32.4 Å². The molecule has 0 aliphatic rings. The Hall–Kier alpha value is -0.790. The molecule has 0 spiro atoms. The smallest absolute Gasteiger partial charge is 0.248 e. The van der Waals surface area contributed by atoms with Crippen molar-refractivity contribution >= 4 is 5.91 Å². The molecular weight excluding hydrogens is 198 g/mol. The van der Waals surface area contributed by atoms with Crippen LogP contribution in [0.4, 0.5) is 0 Å². The minimum atomic E-state index is 0.130. The normalized spacial score (nSPS) is 10.2. The van der Waals surface area contributed by atoms with Gasteiger partial charge in [-0.3, -0.25) is 4.79 Å². The van der Waals surface area contributed by atoms with Gasteiger partial charge >= 0.3 is 0 Å². The van der Waals surface area contributed by atoms with E-state index in [-0.39, 0.29) is 5.91 Å². The fraction of sp³-hybridized carbons (Fsp3) is 0.786.